The fraction of sp³-hybridized carbons (Fsp3) is 0.200. The zero-order chi connectivity index (χ0) is 19.2. The lowest BCUT2D eigenvalue weighted by Crippen LogP contribution is -2.06. The van der Waals surface area contributed by atoms with E-state index in [1.807, 2.05) is 55.5 Å². The van der Waals surface area contributed by atoms with Crippen LogP contribution in [0.15, 0.2) is 48.5 Å². The Bertz CT molecular complexity index is 916. The van der Waals surface area contributed by atoms with Gasteiger partial charge in [-0.3, -0.25) is 0 Å². The molecule has 1 heterocycles. The van der Waals surface area contributed by atoms with Gasteiger partial charge < -0.3 is 20.1 Å². The third kappa shape index (κ3) is 5.01. The van der Waals surface area contributed by atoms with Crippen molar-refractivity contribution in [3.63, 3.8) is 0 Å². The summed E-state index contributed by atoms with van der Waals surface area (Å²) < 4.78 is 10.6. The maximum Gasteiger partial charge on any atom is 0.225 e. The second-order valence-corrected chi connectivity index (χ2v) is 6.33. The van der Waals surface area contributed by atoms with Gasteiger partial charge in [-0.05, 0) is 36.8 Å². The van der Waals surface area contributed by atoms with Crippen LogP contribution in [0, 0.1) is 6.92 Å². The minimum atomic E-state index is 0.549. The lowest BCUT2D eigenvalue weighted by atomic mass is 10.2. The maximum atomic E-state index is 5.92. The molecule has 140 valence electrons. The van der Waals surface area contributed by atoms with Crippen LogP contribution in [0.3, 0.4) is 0 Å². The summed E-state index contributed by atoms with van der Waals surface area (Å²) in [7, 11) is 3.21. The monoisotopic (exact) mass is 384 g/mol. The number of nitrogens with zero attached hydrogens (tertiary/aromatic N) is 2. The maximum absolute atomic E-state index is 5.92. The first-order valence-corrected chi connectivity index (χ1v) is 8.78. The van der Waals surface area contributed by atoms with E-state index in [-0.39, 0.29) is 0 Å². The molecule has 2 N–H and O–H groups in total. The first kappa shape index (κ1) is 18.8. The van der Waals surface area contributed by atoms with Gasteiger partial charge in [0.25, 0.3) is 0 Å². The Morgan fingerprint density at radius 3 is 2.37 bits per heavy atom. The molecule has 0 unspecified atom stereocenters. The Kier molecular flexibility index (Phi) is 5.98. The quantitative estimate of drug-likeness (QED) is 0.609. The van der Waals surface area contributed by atoms with Crippen molar-refractivity contribution in [2.24, 2.45) is 0 Å². The highest BCUT2D eigenvalue weighted by molar-refractivity contribution is 6.30. The first-order valence-electron chi connectivity index (χ1n) is 8.40. The van der Waals surface area contributed by atoms with Crippen LogP contribution in [-0.4, -0.2) is 24.2 Å². The molecule has 0 amide bonds. The van der Waals surface area contributed by atoms with E-state index in [9.17, 15) is 0 Å². The van der Waals surface area contributed by atoms with E-state index in [1.54, 1.807) is 14.2 Å². The number of nitrogens with one attached hydrogen (secondary N) is 2. The predicted octanol–water partition coefficient (Wildman–Crippen LogP) is 4.81. The van der Waals surface area contributed by atoms with Gasteiger partial charge in [0.15, 0.2) is 11.5 Å². The number of anilines is 3. The van der Waals surface area contributed by atoms with Gasteiger partial charge in [0.1, 0.15) is 5.82 Å². The summed E-state index contributed by atoms with van der Waals surface area (Å²) in [5.41, 5.74) is 2.79. The molecular weight excluding hydrogens is 364 g/mol. The molecule has 3 aromatic rings. The van der Waals surface area contributed by atoms with E-state index in [4.69, 9.17) is 21.1 Å². The summed E-state index contributed by atoms with van der Waals surface area (Å²) in [5, 5.41) is 7.23. The molecule has 0 spiro atoms. The average Bonchev–Trinajstić information content (AvgIpc) is 2.67. The normalized spacial score (nSPS) is 10.4. The number of ether oxygens (including phenoxy) is 2. The van der Waals surface area contributed by atoms with E-state index in [0.29, 0.717) is 34.8 Å². The van der Waals surface area contributed by atoms with Crippen LogP contribution < -0.4 is 20.1 Å². The molecule has 0 fully saturated rings. The number of halogens is 1. The fourth-order valence-corrected chi connectivity index (χ4v) is 2.68. The van der Waals surface area contributed by atoms with Crippen LogP contribution in [0.25, 0.3) is 0 Å². The molecule has 27 heavy (non-hydrogen) atoms. The Hall–Kier alpha value is -2.99. The van der Waals surface area contributed by atoms with Gasteiger partial charge >= 0.3 is 0 Å². The van der Waals surface area contributed by atoms with Crippen LogP contribution in [0.2, 0.25) is 5.02 Å². The van der Waals surface area contributed by atoms with E-state index >= 15 is 0 Å². The van der Waals surface area contributed by atoms with E-state index in [1.165, 1.54) is 0 Å². The van der Waals surface area contributed by atoms with Gasteiger partial charge in [0.2, 0.25) is 5.95 Å². The second kappa shape index (κ2) is 8.60. The Labute approximate surface area is 163 Å². The molecule has 6 nitrogen and oxygen atoms in total. The van der Waals surface area contributed by atoms with Crippen molar-refractivity contribution >= 4 is 29.1 Å². The fourth-order valence-electron chi connectivity index (χ4n) is 2.56. The van der Waals surface area contributed by atoms with E-state index < -0.39 is 0 Å². The van der Waals surface area contributed by atoms with Crippen LogP contribution >= 0.6 is 11.6 Å². The lowest BCUT2D eigenvalue weighted by molar-refractivity contribution is 0.355. The Morgan fingerprint density at radius 1 is 0.926 bits per heavy atom. The highest BCUT2D eigenvalue weighted by Gasteiger charge is 2.07. The predicted molar refractivity (Wildman–Crippen MR) is 108 cm³/mol. The van der Waals surface area contributed by atoms with Crippen LogP contribution in [0.5, 0.6) is 11.5 Å². The molecule has 0 saturated heterocycles. The number of aryl methyl sites for hydroxylation is 1. The van der Waals surface area contributed by atoms with Crippen molar-refractivity contribution in [2.75, 3.05) is 24.9 Å². The number of aromatic nitrogens is 2. The average molecular weight is 385 g/mol. The smallest absolute Gasteiger partial charge is 0.225 e. The molecule has 7 heteroatoms. The number of hydrogen-bond acceptors (Lipinski definition) is 6. The summed E-state index contributed by atoms with van der Waals surface area (Å²) >= 11 is 5.92. The molecule has 2 aromatic carbocycles. The molecule has 3 rings (SSSR count). The van der Waals surface area contributed by atoms with Crippen LogP contribution in [-0.2, 0) is 6.54 Å². The number of hydrogen-bond donors (Lipinski definition) is 2. The molecule has 0 atom stereocenters. The van der Waals surface area contributed by atoms with Gasteiger partial charge in [-0.2, -0.15) is 4.98 Å². The highest BCUT2D eigenvalue weighted by Crippen LogP contribution is 2.31. The van der Waals surface area contributed by atoms with Crippen LogP contribution in [0.1, 0.15) is 11.3 Å². The van der Waals surface area contributed by atoms with Crippen molar-refractivity contribution in [1.29, 1.82) is 0 Å². The minimum absolute atomic E-state index is 0.549. The molecule has 0 aliphatic heterocycles. The van der Waals surface area contributed by atoms with Crippen molar-refractivity contribution in [2.45, 2.75) is 13.5 Å². The Balaban J connectivity index is 1.74. The first-order chi connectivity index (χ1) is 13.1. The number of benzene rings is 2. The number of rotatable bonds is 7. The molecule has 0 saturated carbocycles. The third-order valence-electron chi connectivity index (χ3n) is 3.87. The zero-order valence-electron chi connectivity index (χ0n) is 15.4. The molecule has 0 aliphatic rings. The minimum Gasteiger partial charge on any atom is -0.493 e. The summed E-state index contributed by atoms with van der Waals surface area (Å²) in [5.74, 6) is 2.56. The zero-order valence-corrected chi connectivity index (χ0v) is 16.2. The molecule has 0 aliphatic carbocycles. The van der Waals surface area contributed by atoms with Crippen LogP contribution in [0.4, 0.5) is 17.5 Å². The van der Waals surface area contributed by atoms with Gasteiger partial charge in [0.05, 0.1) is 14.2 Å². The number of methoxy groups -OCH3 is 2. The highest BCUT2D eigenvalue weighted by atomic mass is 35.5. The SMILES string of the molecule is COc1ccc(Nc2cc(C)nc(NCc3ccc(Cl)cc3)n2)cc1OC. The summed E-state index contributed by atoms with van der Waals surface area (Å²) in [4.78, 5) is 8.96. The standard InChI is InChI=1S/C20H21ClN4O2/c1-13-10-19(24-16-8-9-17(26-2)18(11-16)27-3)25-20(23-13)22-12-14-4-6-15(21)7-5-14/h4-11H,12H2,1-3H3,(H2,22,23,24,25). The van der Waals surface area contributed by atoms with Crippen molar-refractivity contribution in [3.8, 4) is 11.5 Å². The van der Waals surface area contributed by atoms with Crippen molar-refractivity contribution < 1.29 is 9.47 Å². The second-order valence-electron chi connectivity index (χ2n) is 5.89. The molecular formula is C20H21ClN4O2. The Morgan fingerprint density at radius 2 is 1.67 bits per heavy atom. The largest absolute Gasteiger partial charge is 0.493 e. The van der Waals surface area contributed by atoms with Gasteiger partial charge in [0, 0.05) is 35.1 Å². The third-order valence-corrected chi connectivity index (χ3v) is 4.13. The molecule has 1 aromatic heterocycles. The molecule has 0 radical (unpaired) electrons. The van der Waals surface area contributed by atoms with Crippen molar-refractivity contribution in [1.82, 2.24) is 9.97 Å². The lowest BCUT2D eigenvalue weighted by Gasteiger charge is -2.12. The summed E-state index contributed by atoms with van der Waals surface area (Å²) in [6.45, 7) is 2.53. The van der Waals surface area contributed by atoms with E-state index in [2.05, 4.69) is 20.6 Å². The van der Waals surface area contributed by atoms with E-state index in [0.717, 1.165) is 16.9 Å². The van der Waals surface area contributed by atoms with Crippen molar-refractivity contribution in [3.05, 3.63) is 64.8 Å². The summed E-state index contributed by atoms with van der Waals surface area (Å²) in [6, 6.07) is 15.1. The van der Waals surface area contributed by atoms with Gasteiger partial charge in [-0.1, -0.05) is 23.7 Å². The summed E-state index contributed by atoms with van der Waals surface area (Å²) in [6.07, 6.45) is 0. The van der Waals surface area contributed by atoms with Gasteiger partial charge in [-0.15, -0.1) is 0 Å². The molecule has 0 bridgehead atoms. The topological polar surface area (TPSA) is 68.3 Å². The van der Waals surface area contributed by atoms with Gasteiger partial charge in [-0.25, -0.2) is 4.98 Å².